The molecule has 8 heteroatoms. The SMILES string of the molecule is C[C@@H]1C2C[C@@H](c3nc4ccc(B5OC(C)(C)C(C)(C)O5)cc4[nH]3)N(C(=O)OC(C)(C)C)[C@@H]21. The molecule has 4 atom stereocenters. The summed E-state index contributed by atoms with van der Waals surface area (Å²) in [5.41, 5.74) is 1.45. The van der Waals surface area contributed by atoms with Gasteiger partial charge in [0.15, 0.2) is 0 Å². The summed E-state index contributed by atoms with van der Waals surface area (Å²) in [4.78, 5) is 23.2. The van der Waals surface area contributed by atoms with Crippen molar-refractivity contribution in [3.05, 3.63) is 24.0 Å². The number of H-pyrrole nitrogens is 1. The Bertz CT molecular complexity index is 1060. The standard InChI is InChI=1S/C24H34BN3O4/c1-13-15-12-18(28(19(13)15)21(29)30-22(2,3)4)20-26-16-10-9-14(11-17(16)27-20)25-31-23(5,6)24(7,8)32-25/h9-11,13,15,18-19H,12H2,1-8H3,(H,26,27)/t13-,15?,18+,19-/m1/s1. The third kappa shape index (κ3) is 3.43. The van der Waals surface area contributed by atoms with Gasteiger partial charge in [-0.15, -0.1) is 0 Å². The molecule has 0 spiro atoms. The molecule has 1 aromatic carbocycles. The van der Waals surface area contributed by atoms with Crippen LogP contribution in [0.4, 0.5) is 4.79 Å². The van der Waals surface area contributed by atoms with Gasteiger partial charge in [0.2, 0.25) is 0 Å². The van der Waals surface area contributed by atoms with Crippen LogP contribution in [0.2, 0.25) is 0 Å². The molecule has 3 heterocycles. The molecule has 32 heavy (non-hydrogen) atoms. The predicted octanol–water partition coefficient (Wildman–Crippen LogP) is 4.18. The van der Waals surface area contributed by atoms with E-state index >= 15 is 0 Å². The minimum absolute atomic E-state index is 0.0938. The second-order valence-corrected chi connectivity index (χ2v) is 11.6. The van der Waals surface area contributed by atoms with Gasteiger partial charge in [0.05, 0.1) is 28.3 Å². The summed E-state index contributed by atoms with van der Waals surface area (Å²) in [6.07, 6.45) is 0.660. The predicted molar refractivity (Wildman–Crippen MR) is 124 cm³/mol. The van der Waals surface area contributed by atoms with Crippen LogP contribution >= 0.6 is 0 Å². The number of ether oxygens (including phenoxy) is 1. The van der Waals surface area contributed by atoms with Crippen LogP contribution in [0.1, 0.15) is 73.7 Å². The van der Waals surface area contributed by atoms with Crippen molar-refractivity contribution in [1.82, 2.24) is 14.9 Å². The summed E-state index contributed by atoms with van der Waals surface area (Å²) in [6, 6.07) is 6.19. The van der Waals surface area contributed by atoms with Crippen LogP contribution < -0.4 is 5.46 Å². The van der Waals surface area contributed by atoms with Gasteiger partial charge in [-0.2, -0.15) is 0 Å². The number of benzene rings is 1. The zero-order chi connectivity index (χ0) is 23.2. The highest BCUT2D eigenvalue weighted by atomic mass is 16.7. The Balaban J connectivity index is 1.42. The molecule has 3 aliphatic rings. The maximum Gasteiger partial charge on any atom is 0.494 e. The Hall–Kier alpha value is -2.06. The average molecular weight is 439 g/mol. The molecule has 172 valence electrons. The fourth-order valence-electron chi connectivity index (χ4n) is 5.05. The number of likely N-dealkylation sites (tertiary alicyclic amines) is 1. The molecular formula is C24H34BN3O4. The third-order valence-electron chi connectivity index (χ3n) is 7.63. The van der Waals surface area contributed by atoms with E-state index in [1.54, 1.807) is 0 Å². The van der Waals surface area contributed by atoms with Crippen LogP contribution in [-0.4, -0.2) is 50.9 Å². The van der Waals surface area contributed by atoms with Crippen LogP contribution in [0.15, 0.2) is 18.2 Å². The van der Waals surface area contributed by atoms with Gasteiger partial charge in [-0.3, -0.25) is 4.90 Å². The Morgan fingerprint density at radius 3 is 2.50 bits per heavy atom. The molecule has 3 fully saturated rings. The lowest BCUT2D eigenvalue weighted by Gasteiger charge is -2.32. The van der Waals surface area contributed by atoms with E-state index in [2.05, 4.69) is 39.6 Å². The van der Waals surface area contributed by atoms with E-state index in [0.29, 0.717) is 11.8 Å². The molecule has 0 radical (unpaired) electrons. The van der Waals surface area contributed by atoms with Crippen LogP contribution in [0.25, 0.3) is 11.0 Å². The van der Waals surface area contributed by atoms with Gasteiger partial charge in [-0.05, 0) is 84.3 Å². The second kappa shape index (κ2) is 6.73. The highest BCUT2D eigenvalue weighted by Gasteiger charge is 2.61. The molecule has 1 N–H and O–H groups in total. The molecule has 1 amide bonds. The summed E-state index contributed by atoms with van der Waals surface area (Å²) < 4.78 is 18.1. The second-order valence-electron chi connectivity index (χ2n) is 11.6. The largest absolute Gasteiger partial charge is 0.494 e. The van der Waals surface area contributed by atoms with Gasteiger partial charge in [0.25, 0.3) is 0 Å². The number of fused-ring (bicyclic) bond motifs is 2. The molecule has 5 rings (SSSR count). The van der Waals surface area contributed by atoms with Gasteiger partial charge < -0.3 is 19.0 Å². The first-order valence-electron chi connectivity index (χ1n) is 11.6. The summed E-state index contributed by atoms with van der Waals surface area (Å²) in [7, 11) is -0.422. The number of aromatic amines is 1. The van der Waals surface area contributed by atoms with Crippen molar-refractivity contribution in [2.24, 2.45) is 11.8 Å². The number of hydrogen-bond donors (Lipinski definition) is 1. The Morgan fingerprint density at radius 2 is 1.88 bits per heavy atom. The molecule has 2 aromatic rings. The van der Waals surface area contributed by atoms with E-state index in [0.717, 1.165) is 28.7 Å². The molecular weight excluding hydrogens is 405 g/mol. The van der Waals surface area contributed by atoms with Gasteiger partial charge in [0, 0.05) is 6.04 Å². The van der Waals surface area contributed by atoms with Crippen molar-refractivity contribution >= 4 is 29.7 Å². The number of nitrogens with zero attached hydrogens (tertiary/aromatic N) is 2. The molecule has 2 aliphatic heterocycles. The van der Waals surface area contributed by atoms with Crippen LogP contribution in [-0.2, 0) is 14.0 Å². The smallest absolute Gasteiger partial charge is 0.444 e. The van der Waals surface area contributed by atoms with Crippen molar-refractivity contribution < 1.29 is 18.8 Å². The normalized spacial score (nSPS) is 30.6. The van der Waals surface area contributed by atoms with E-state index in [9.17, 15) is 4.79 Å². The van der Waals surface area contributed by atoms with E-state index in [4.69, 9.17) is 19.0 Å². The Labute approximate surface area is 190 Å². The highest BCUT2D eigenvalue weighted by Crippen LogP contribution is 2.57. The van der Waals surface area contributed by atoms with E-state index in [1.807, 2.05) is 43.9 Å². The van der Waals surface area contributed by atoms with Crippen molar-refractivity contribution in [1.29, 1.82) is 0 Å². The number of imidazole rings is 1. The Morgan fingerprint density at radius 1 is 1.22 bits per heavy atom. The van der Waals surface area contributed by atoms with Gasteiger partial charge in [-0.1, -0.05) is 13.0 Å². The fraction of sp³-hybridized carbons (Fsp3) is 0.667. The summed E-state index contributed by atoms with van der Waals surface area (Å²) in [6.45, 7) is 16.1. The van der Waals surface area contributed by atoms with Crippen LogP contribution in [0.5, 0.6) is 0 Å². The van der Waals surface area contributed by atoms with E-state index in [-0.39, 0.29) is 29.4 Å². The van der Waals surface area contributed by atoms with Crippen LogP contribution in [0, 0.1) is 11.8 Å². The lowest BCUT2D eigenvalue weighted by Crippen LogP contribution is -2.41. The third-order valence-corrected chi connectivity index (χ3v) is 7.63. The first-order chi connectivity index (χ1) is 14.8. The number of carbonyl (C=O) groups is 1. The molecule has 1 aliphatic carbocycles. The Kier molecular flexibility index (Phi) is 4.58. The monoisotopic (exact) mass is 439 g/mol. The van der Waals surface area contributed by atoms with Crippen molar-refractivity contribution in [3.63, 3.8) is 0 Å². The van der Waals surface area contributed by atoms with Crippen molar-refractivity contribution in [2.45, 2.75) is 90.7 Å². The maximum absolute atomic E-state index is 13.0. The molecule has 2 saturated heterocycles. The first kappa shape index (κ1) is 21.8. The molecule has 1 saturated carbocycles. The summed E-state index contributed by atoms with van der Waals surface area (Å²) in [5, 5.41) is 0. The molecule has 7 nitrogen and oxygen atoms in total. The highest BCUT2D eigenvalue weighted by molar-refractivity contribution is 6.62. The zero-order valence-electron chi connectivity index (χ0n) is 20.4. The number of amides is 1. The average Bonchev–Trinajstić information content (AvgIpc) is 3.04. The van der Waals surface area contributed by atoms with E-state index < -0.39 is 12.7 Å². The number of carbonyl (C=O) groups excluding carboxylic acids is 1. The van der Waals surface area contributed by atoms with Crippen LogP contribution in [0.3, 0.4) is 0 Å². The molecule has 1 aromatic heterocycles. The quantitative estimate of drug-likeness (QED) is 0.711. The van der Waals surface area contributed by atoms with Crippen molar-refractivity contribution in [2.75, 3.05) is 0 Å². The molecule has 0 bridgehead atoms. The van der Waals surface area contributed by atoms with E-state index in [1.165, 1.54) is 0 Å². The maximum atomic E-state index is 13.0. The zero-order valence-corrected chi connectivity index (χ0v) is 20.4. The lowest BCUT2D eigenvalue weighted by atomic mass is 9.79. The topological polar surface area (TPSA) is 76.7 Å². The minimum atomic E-state index is -0.524. The number of hydrogen-bond acceptors (Lipinski definition) is 5. The van der Waals surface area contributed by atoms with Gasteiger partial charge in [-0.25, -0.2) is 9.78 Å². The summed E-state index contributed by atoms with van der Waals surface area (Å²) >= 11 is 0. The number of piperidine rings is 1. The first-order valence-corrected chi connectivity index (χ1v) is 11.6. The number of nitrogens with one attached hydrogen (secondary N) is 1. The molecule has 1 unspecified atom stereocenters. The van der Waals surface area contributed by atoms with Gasteiger partial charge in [0.1, 0.15) is 11.4 Å². The minimum Gasteiger partial charge on any atom is -0.444 e. The number of rotatable bonds is 2. The van der Waals surface area contributed by atoms with Crippen molar-refractivity contribution in [3.8, 4) is 0 Å². The fourth-order valence-corrected chi connectivity index (χ4v) is 5.05. The van der Waals surface area contributed by atoms with Gasteiger partial charge >= 0.3 is 13.2 Å². The summed E-state index contributed by atoms with van der Waals surface area (Å²) in [5.74, 6) is 1.84. The lowest BCUT2D eigenvalue weighted by molar-refractivity contribution is 0.00578. The number of aromatic nitrogens is 2.